The average Bonchev–Trinajstić information content (AvgIpc) is 2.25. The highest BCUT2D eigenvalue weighted by atomic mass is 19.4. The molecule has 0 saturated heterocycles. The fourth-order valence-corrected chi connectivity index (χ4v) is 1.80. The van der Waals surface area contributed by atoms with Crippen LogP contribution in [0.2, 0.25) is 0 Å². The van der Waals surface area contributed by atoms with Gasteiger partial charge in [0.2, 0.25) is 0 Å². The lowest BCUT2D eigenvalue weighted by Crippen LogP contribution is -2.62. The summed E-state index contributed by atoms with van der Waals surface area (Å²) >= 11 is 0. The maximum absolute atomic E-state index is 13.1. The molecule has 2 atom stereocenters. The van der Waals surface area contributed by atoms with Crippen molar-refractivity contribution in [3.63, 3.8) is 0 Å². The second-order valence-electron chi connectivity index (χ2n) is 3.60. The third kappa shape index (κ3) is 2.28. The van der Waals surface area contributed by atoms with Gasteiger partial charge in [-0.15, -0.1) is 0 Å². The van der Waals surface area contributed by atoms with Crippen molar-refractivity contribution < 1.29 is 18.3 Å². The molecule has 4 N–H and O–H groups in total. The molecule has 0 aromatic carbocycles. The molecule has 0 aromatic rings. The third-order valence-electron chi connectivity index (χ3n) is 2.65. The smallest absolute Gasteiger partial charge is 0.395 e. The van der Waals surface area contributed by atoms with Crippen LogP contribution in [0.4, 0.5) is 13.2 Å². The predicted octanol–water partition coefficient (Wildman–Crippen LogP) is 0.570. The first-order valence-electron chi connectivity index (χ1n) is 4.96. The van der Waals surface area contributed by atoms with Crippen LogP contribution in [0.25, 0.3) is 0 Å². The number of allylic oxidation sites excluding steroid dienone is 2. The number of β-amino-alcohol motifs (C(OH)–C–C–N with tert-alkyl or cyclic N) is 1. The Kier molecular flexibility index (Phi) is 4.12. The van der Waals surface area contributed by atoms with Crippen molar-refractivity contribution in [2.24, 2.45) is 11.7 Å². The van der Waals surface area contributed by atoms with Crippen molar-refractivity contribution >= 4 is 0 Å². The Morgan fingerprint density at radius 3 is 2.56 bits per heavy atom. The summed E-state index contributed by atoms with van der Waals surface area (Å²) in [4.78, 5) is 0. The Morgan fingerprint density at radius 2 is 2.06 bits per heavy atom. The predicted molar refractivity (Wildman–Crippen MR) is 54.7 cm³/mol. The fourth-order valence-electron chi connectivity index (χ4n) is 1.80. The number of alkyl halides is 3. The van der Waals surface area contributed by atoms with Gasteiger partial charge in [-0.3, -0.25) is 5.32 Å². The number of nitrogens with two attached hydrogens (primary N) is 1. The number of rotatable bonds is 4. The molecular weight excluding hydrogens is 221 g/mol. The summed E-state index contributed by atoms with van der Waals surface area (Å²) in [6.45, 7) is -0.598. The summed E-state index contributed by atoms with van der Waals surface area (Å²) < 4.78 is 39.2. The van der Waals surface area contributed by atoms with Gasteiger partial charge in [-0.1, -0.05) is 24.3 Å². The zero-order chi connectivity index (χ0) is 12.2. The molecule has 6 heteroatoms. The van der Waals surface area contributed by atoms with Crippen LogP contribution >= 0.6 is 0 Å². The molecule has 16 heavy (non-hydrogen) atoms. The highest BCUT2D eigenvalue weighted by Gasteiger charge is 2.56. The Labute approximate surface area is 91.8 Å². The van der Waals surface area contributed by atoms with Crippen LogP contribution < -0.4 is 11.1 Å². The van der Waals surface area contributed by atoms with Crippen LogP contribution in [0.3, 0.4) is 0 Å². The van der Waals surface area contributed by atoms with Crippen LogP contribution in [0.15, 0.2) is 24.3 Å². The molecular formula is C10H15F3N2O. The van der Waals surface area contributed by atoms with Crippen LogP contribution in [-0.4, -0.2) is 36.5 Å². The monoisotopic (exact) mass is 236 g/mol. The molecule has 0 heterocycles. The summed E-state index contributed by atoms with van der Waals surface area (Å²) in [5.74, 6) is -0.857. The minimum atomic E-state index is -4.45. The van der Waals surface area contributed by atoms with Gasteiger partial charge in [0.1, 0.15) is 5.54 Å². The molecule has 0 fully saturated rings. The number of hydrogen-bond acceptors (Lipinski definition) is 3. The highest BCUT2D eigenvalue weighted by molar-refractivity contribution is 5.27. The quantitative estimate of drug-likeness (QED) is 0.669. The lowest BCUT2D eigenvalue weighted by molar-refractivity contribution is -0.192. The second-order valence-corrected chi connectivity index (χ2v) is 3.60. The van der Waals surface area contributed by atoms with Gasteiger partial charge >= 0.3 is 6.18 Å². The van der Waals surface area contributed by atoms with Gasteiger partial charge < -0.3 is 10.8 Å². The lowest BCUT2D eigenvalue weighted by Gasteiger charge is -2.40. The van der Waals surface area contributed by atoms with E-state index in [-0.39, 0.29) is 19.7 Å². The van der Waals surface area contributed by atoms with Gasteiger partial charge in [-0.25, -0.2) is 0 Å². The van der Waals surface area contributed by atoms with Crippen LogP contribution in [0, 0.1) is 5.92 Å². The Balaban J connectivity index is 3.02. The average molecular weight is 236 g/mol. The largest absolute Gasteiger partial charge is 0.410 e. The van der Waals surface area contributed by atoms with Crippen molar-refractivity contribution in [1.29, 1.82) is 0 Å². The first-order chi connectivity index (χ1) is 7.48. The number of aliphatic hydroxyl groups is 1. The normalized spacial score (nSPS) is 29.7. The molecule has 92 valence electrons. The minimum Gasteiger partial charge on any atom is -0.395 e. The van der Waals surface area contributed by atoms with E-state index in [4.69, 9.17) is 10.8 Å². The Morgan fingerprint density at radius 1 is 1.38 bits per heavy atom. The zero-order valence-electron chi connectivity index (χ0n) is 8.67. The maximum Gasteiger partial charge on any atom is 0.410 e. The Bertz CT molecular complexity index is 288. The molecule has 0 spiro atoms. The highest BCUT2D eigenvalue weighted by Crippen LogP contribution is 2.39. The maximum atomic E-state index is 13.1. The lowest BCUT2D eigenvalue weighted by atomic mass is 9.79. The van der Waals surface area contributed by atoms with Crippen LogP contribution in [0.5, 0.6) is 0 Å². The number of halogens is 3. The molecule has 0 saturated carbocycles. The van der Waals surface area contributed by atoms with E-state index in [1.165, 1.54) is 12.2 Å². The first kappa shape index (κ1) is 13.2. The summed E-state index contributed by atoms with van der Waals surface area (Å²) in [6.07, 6.45) is 0.914. The molecule has 3 nitrogen and oxygen atoms in total. The zero-order valence-corrected chi connectivity index (χ0v) is 8.67. The molecule has 0 aromatic heterocycles. The van der Waals surface area contributed by atoms with Crippen molar-refractivity contribution in [3.8, 4) is 0 Å². The van der Waals surface area contributed by atoms with Crippen LogP contribution in [0.1, 0.15) is 0 Å². The molecule has 1 rings (SSSR count). The fraction of sp³-hybridized carbons (Fsp3) is 0.600. The number of aliphatic hydroxyl groups excluding tert-OH is 1. The molecule has 0 amide bonds. The van der Waals surface area contributed by atoms with E-state index in [1.807, 2.05) is 0 Å². The minimum absolute atomic E-state index is 0.112. The van der Waals surface area contributed by atoms with E-state index in [1.54, 1.807) is 6.08 Å². The van der Waals surface area contributed by atoms with E-state index < -0.39 is 17.6 Å². The van der Waals surface area contributed by atoms with E-state index in [9.17, 15) is 13.2 Å². The molecule has 0 aliphatic heterocycles. The third-order valence-corrected chi connectivity index (χ3v) is 2.65. The summed E-state index contributed by atoms with van der Waals surface area (Å²) in [6, 6.07) is 0. The standard InChI is InChI=1S/C10H15F3N2O/c11-10(12,13)9(15-5-6-16)4-2-1-3-8(9)7-14/h1-4,8,15-16H,5-7,14H2. The molecule has 0 bridgehead atoms. The van der Waals surface area contributed by atoms with E-state index >= 15 is 0 Å². The summed E-state index contributed by atoms with van der Waals surface area (Å²) in [5.41, 5.74) is 3.19. The van der Waals surface area contributed by atoms with Crippen molar-refractivity contribution in [2.45, 2.75) is 11.7 Å². The van der Waals surface area contributed by atoms with Gasteiger partial charge in [-0.05, 0) is 0 Å². The van der Waals surface area contributed by atoms with Crippen molar-refractivity contribution in [3.05, 3.63) is 24.3 Å². The summed E-state index contributed by atoms with van der Waals surface area (Å²) in [5, 5.41) is 11.0. The first-order valence-corrected chi connectivity index (χ1v) is 4.96. The molecule has 1 aliphatic carbocycles. The van der Waals surface area contributed by atoms with Gasteiger partial charge in [-0.2, -0.15) is 13.2 Å². The Hall–Kier alpha value is -0.850. The van der Waals surface area contributed by atoms with Gasteiger partial charge in [0.15, 0.2) is 0 Å². The van der Waals surface area contributed by atoms with Crippen molar-refractivity contribution in [1.82, 2.24) is 5.32 Å². The van der Waals surface area contributed by atoms with Gasteiger partial charge in [0.25, 0.3) is 0 Å². The van der Waals surface area contributed by atoms with E-state index in [0.29, 0.717) is 0 Å². The van der Waals surface area contributed by atoms with Crippen molar-refractivity contribution in [2.75, 3.05) is 19.7 Å². The number of nitrogens with one attached hydrogen (secondary N) is 1. The number of hydrogen-bond donors (Lipinski definition) is 3. The second kappa shape index (κ2) is 4.99. The summed E-state index contributed by atoms with van der Waals surface area (Å²) in [7, 11) is 0. The SMILES string of the molecule is NCC1C=CC=CC1(NCCO)C(F)(F)F. The van der Waals surface area contributed by atoms with Gasteiger partial charge in [0, 0.05) is 19.0 Å². The topological polar surface area (TPSA) is 58.3 Å². The van der Waals surface area contributed by atoms with E-state index in [0.717, 1.165) is 6.08 Å². The van der Waals surface area contributed by atoms with Gasteiger partial charge in [0.05, 0.1) is 6.61 Å². The molecule has 2 unspecified atom stereocenters. The van der Waals surface area contributed by atoms with E-state index in [2.05, 4.69) is 5.32 Å². The molecule has 0 radical (unpaired) electrons. The molecule has 1 aliphatic rings. The van der Waals surface area contributed by atoms with Crippen LogP contribution in [-0.2, 0) is 0 Å².